The first-order chi connectivity index (χ1) is 11.6. The van der Waals surface area contributed by atoms with Crippen molar-refractivity contribution >= 4 is 5.96 Å². The van der Waals surface area contributed by atoms with Gasteiger partial charge in [0.1, 0.15) is 13.2 Å². The highest BCUT2D eigenvalue weighted by atomic mass is 16.6. The lowest BCUT2D eigenvalue weighted by Gasteiger charge is -2.29. The summed E-state index contributed by atoms with van der Waals surface area (Å²) in [6, 6.07) is 6.80. The minimum absolute atomic E-state index is 0.0386. The van der Waals surface area contributed by atoms with Gasteiger partial charge in [0.25, 0.3) is 0 Å². The van der Waals surface area contributed by atoms with E-state index in [0.717, 1.165) is 24.0 Å². The number of ether oxygens (including phenoxy) is 2. The van der Waals surface area contributed by atoms with Crippen molar-refractivity contribution in [2.24, 2.45) is 4.99 Å². The van der Waals surface area contributed by atoms with Crippen molar-refractivity contribution in [3.05, 3.63) is 23.8 Å². The van der Waals surface area contributed by atoms with Gasteiger partial charge in [-0.25, -0.2) is 0 Å². The van der Waals surface area contributed by atoms with Gasteiger partial charge in [-0.3, -0.25) is 4.99 Å². The Morgan fingerprint density at radius 3 is 2.58 bits per heavy atom. The zero-order valence-electron chi connectivity index (χ0n) is 15.0. The summed E-state index contributed by atoms with van der Waals surface area (Å²) in [7, 11) is 1.83. The largest absolute Gasteiger partial charge is 0.486 e. The predicted octanol–water partition coefficient (Wildman–Crippen LogP) is 2.84. The van der Waals surface area contributed by atoms with Gasteiger partial charge in [0.2, 0.25) is 0 Å². The summed E-state index contributed by atoms with van der Waals surface area (Å²) in [6.07, 6.45) is 5.12. The van der Waals surface area contributed by atoms with Crippen molar-refractivity contribution in [1.82, 2.24) is 10.6 Å². The van der Waals surface area contributed by atoms with Crippen molar-refractivity contribution in [3.8, 4) is 11.5 Å². The lowest BCUT2D eigenvalue weighted by molar-refractivity contribution is 0.171. The molecule has 1 aliphatic heterocycles. The third-order valence-corrected chi connectivity index (χ3v) is 4.94. The smallest absolute Gasteiger partial charge is 0.191 e. The first-order valence-corrected chi connectivity index (χ1v) is 8.96. The summed E-state index contributed by atoms with van der Waals surface area (Å²) >= 11 is 0. The molecule has 0 saturated heterocycles. The molecule has 5 nitrogen and oxygen atoms in total. The van der Waals surface area contributed by atoms with E-state index in [1.807, 2.05) is 13.1 Å². The number of hydrogen-bond acceptors (Lipinski definition) is 3. The van der Waals surface area contributed by atoms with Crippen LogP contribution in [0.3, 0.4) is 0 Å². The first-order valence-electron chi connectivity index (χ1n) is 8.96. The summed E-state index contributed by atoms with van der Waals surface area (Å²) < 4.78 is 11.3. The molecular weight excluding hydrogens is 302 g/mol. The highest BCUT2D eigenvalue weighted by Crippen LogP contribution is 2.34. The van der Waals surface area contributed by atoms with Gasteiger partial charge in [0.05, 0.1) is 0 Å². The quantitative estimate of drug-likeness (QED) is 0.658. The fourth-order valence-electron chi connectivity index (χ4n) is 3.33. The Morgan fingerprint density at radius 2 is 1.88 bits per heavy atom. The molecule has 0 spiro atoms. The van der Waals surface area contributed by atoms with E-state index < -0.39 is 0 Å². The van der Waals surface area contributed by atoms with Gasteiger partial charge >= 0.3 is 0 Å². The minimum atomic E-state index is -0.0386. The number of hydrogen-bond donors (Lipinski definition) is 2. The van der Waals surface area contributed by atoms with Crippen molar-refractivity contribution in [2.45, 2.75) is 51.0 Å². The molecule has 1 aliphatic carbocycles. The van der Waals surface area contributed by atoms with E-state index in [1.165, 1.54) is 31.2 Å². The molecule has 2 N–H and O–H groups in total. The van der Waals surface area contributed by atoms with E-state index in [9.17, 15) is 0 Å². The molecule has 0 radical (unpaired) electrons. The van der Waals surface area contributed by atoms with Crippen LogP contribution in [0.5, 0.6) is 11.5 Å². The second-order valence-corrected chi connectivity index (χ2v) is 7.29. The Hall–Kier alpha value is -1.91. The van der Waals surface area contributed by atoms with Crippen LogP contribution in [0.2, 0.25) is 0 Å². The number of fused-ring (bicyclic) bond motifs is 1. The molecule has 1 fully saturated rings. The van der Waals surface area contributed by atoms with E-state index in [1.54, 1.807) is 0 Å². The van der Waals surface area contributed by atoms with E-state index in [2.05, 4.69) is 41.6 Å². The van der Waals surface area contributed by atoms with Gasteiger partial charge in [-0.15, -0.1) is 0 Å². The summed E-state index contributed by atoms with van der Waals surface area (Å²) in [6.45, 7) is 6.51. The van der Waals surface area contributed by atoms with Crippen LogP contribution in [0.25, 0.3) is 0 Å². The molecule has 132 valence electrons. The Kier molecular flexibility index (Phi) is 5.17. The molecule has 1 saturated carbocycles. The molecule has 3 rings (SSSR count). The molecule has 1 aromatic rings. The van der Waals surface area contributed by atoms with Crippen LogP contribution in [0.15, 0.2) is 23.2 Å². The zero-order valence-corrected chi connectivity index (χ0v) is 15.0. The number of guanidine groups is 1. The molecular formula is C19H29N3O2. The summed E-state index contributed by atoms with van der Waals surface area (Å²) in [5.74, 6) is 2.58. The van der Waals surface area contributed by atoms with Crippen LogP contribution < -0.4 is 20.1 Å². The number of aliphatic imine (C=N–C) groups is 1. The highest BCUT2D eigenvalue weighted by Gasteiger charge is 2.24. The van der Waals surface area contributed by atoms with Gasteiger partial charge < -0.3 is 20.1 Å². The molecule has 5 heteroatoms. The van der Waals surface area contributed by atoms with Gasteiger partial charge in [-0.2, -0.15) is 0 Å². The normalized spacial score (nSPS) is 18.5. The lowest BCUT2D eigenvalue weighted by Crippen LogP contribution is -2.46. The number of benzene rings is 1. The third kappa shape index (κ3) is 3.94. The molecule has 0 unspecified atom stereocenters. The molecule has 0 aromatic heterocycles. The van der Waals surface area contributed by atoms with Gasteiger partial charge in [0, 0.05) is 25.0 Å². The first kappa shape index (κ1) is 16.9. The number of rotatable bonds is 4. The summed E-state index contributed by atoms with van der Waals surface area (Å²) in [5, 5.41) is 7.02. The molecule has 0 atom stereocenters. The Balaban J connectivity index is 1.62. The standard InChI is InChI=1S/C19H29N3O2/c1-19(2,13-21-18(20-3)22-15-6-4-5-7-15)14-8-9-16-17(12-14)24-11-10-23-16/h8-9,12,15H,4-7,10-11,13H2,1-3H3,(H2,20,21,22). The maximum atomic E-state index is 5.71. The highest BCUT2D eigenvalue weighted by molar-refractivity contribution is 5.80. The van der Waals surface area contributed by atoms with Crippen molar-refractivity contribution in [3.63, 3.8) is 0 Å². The van der Waals surface area contributed by atoms with Crippen molar-refractivity contribution in [1.29, 1.82) is 0 Å². The van der Waals surface area contributed by atoms with Crippen LogP contribution in [0.4, 0.5) is 0 Å². The Bertz CT molecular complexity index is 592. The van der Waals surface area contributed by atoms with Crippen LogP contribution in [0, 0.1) is 0 Å². The maximum absolute atomic E-state index is 5.71. The second-order valence-electron chi connectivity index (χ2n) is 7.29. The summed E-state index contributed by atoms with van der Waals surface area (Å²) in [4.78, 5) is 4.37. The van der Waals surface area contributed by atoms with E-state index in [-0.39, 0.29) is 5.41 Å². The van der Waals surface area contributed by atoms with Gasteiger partial charge in [0.15, 0.2) is 17.5 Å². The monoisotopic (exact) mass is 331 g/mol. The van der Waals surface area contributed by atoms with E-state index >= 15 is 0 Å². The Labute approximate surface area is 144 Å². The van der Waals surface area contributed by atoms with Crippen molar-refractivity contribution in [2.75, 3.05) is 26.8 Å². The fraction of sp³-hybridized carbons (Fsp3) is 0.632. The second kappa shape index (κ2) is 7.32. The van der Waals surface area contributed by atoms with E-state index in [4.69, 9.17) is 9.47 Å². The molecule has 0 bridgehead atoms. The number of nitrogens with zero attached hydrogens (tertiary/aromatic N) is 1. The van der Waals surface area contributed by atoms with E-state index in [0.29, 0.717) is 19.3 Å². The zero-order chi connectivity index (χ0) is 17.0. The average molecular weight is 331 g/mol. The fourth-order valence-corrected chi connectivity index (χ4v) is 3.33. The lowest BCUT2D eigenvalue weighted by atomic mass is 9.84. The SMILES string of the molecule is CN=C(NCC(C)(C)c1ccc2c(c1)OCCO2)NC1CCCC1. The van der Waals surface area contributed by atoms with Gasteiger partial charge in [-0.1, -0.05) is 32.8 Å². The Morgan fingerprint density at radius 1 is 1.17 bits per heavy atom. The molecule has 2 aliphatic rings. The minimum Gasteiger partial charge on any atom is -0.486 e. The summed E-state index contributed by atoms with van der Waals surface area (Å²) in [5.41, 5.74) is 1.19. The molecule has 1 heterocycles. The van der Waals surface area contributed by atoms with Crippen LogP contribution in [0.1, 0.15) is 45.1 Å². The molecule has 0 amide bonds. The van der Waals surface area contributed by atoms with Crippen LogP contribution >= 0.6 is 0 Å². The van der Waals surface area contributed by atoms with Crippen LogP contribution in [-0.4, -0.2) is 38.8 Å². The average Bonchev–Trinajstić information content (AvgIpc) is 3.11. The maximum Gasteiger partial charge on any atom is 0.191 e. The topological polar surface area (TPSA) is 54.9 Å². The van der Waals surface area contributed by atoms with Crippen LogP contribution in [-0.2, 0) is 5.41 Å². The predicted molar refractivity (Wildman–Crippen MR) is 97.2 cm³/mol. The molecule has 1 aromatic carbocycles. The third-order valence-electron chi connectivity index (χ3n) is 4.94. The molecule has 24 heavy (non-hydrogen) atoms. The van der Waals surface area contributed by atoms with Crippen molar-refractivity contribution < 1.29 is 9.47 Å². The number of nitrogens with one attached hydrogen (secondary N) is 2. The van der Waals surface area contributed by atoms with Gasteiger partial charge in [-0.05, 0) is 30.5 Å².